The van der Waals surface area contributed by atoms with Crippen LogP contribution in [0.5, 0.6) is 0 Å². The molecule has 1 heterocycles. The third kappa shape index (κ3) is 5.21. The van der Waals surface area contributed by atoms with Crippen molar-refractivity contribution < 1.29 is 14.7 Å². The SMILES string of the molecule is CC(C)(C)OC(=O)NO.c1cc2cc(c1)NC2. The lowest BCUT2D eigenvalue weighted by Gasteiger charge is -2.17. The second-order valence-corrected chi connectivity index (χ2v) is 4.67. The Morgan fingerprint density at radius 3 is 2.59 bits per heavy atom. The van der Waals surface area contributed by atoms with Crippen LogP contribution in [0.3, 0.4) is 0 Å². The van der Waals surface area contributed by atoms with Crippen LogP contribution in [-0.4, -0.2) is 16.9 Å². The average Bonchev–Trinajstić information content (AvgIpc) is 2.56. The molecule has 0 aromatic heterocycles. The maximum Gasteiger partial charge on any atom is 0.431 e. The molecule has 5 heteroatoms. The van der Waals surface area contributed by atoms with Gasteiger partial charge in [0.05, 0.1) is 0 Å². The van der Waals surface area contributed by atoms with E-state index in [1.807, 2.05) is 0 Å². The summed E-state index contributed by atoms with van der Waals surface area (Å²) < 4.78 is 4.59. The minimum Gasteiger partial charge on any atom is -0.442 e. The number of carbonyl (C=O) groups is 1. The van der Waals surface area contributed by atoms with Crippen molar-refractivity contribution in [2.75, 3.05) is 5.32 Å². The highest BCUT2D eigenvalue weighted by molar-refractivity contribution is 5.65. The van der Waals surface area contributed by atoms with E-state index in [1.165, 1.54) is 16.7 Å². The number of rotatable bonds is 0. The van der Waals surface area contributed by atoms with Gasteiger partial charge in [-0.3, -0.25) is 5.21 Å². The Hall–Kier alpha value is -1.75. The number of hydroxylamine groups is 1. The van der Waals surface area contributed by atoms with E-state index in [0.29, 0.717) is 0 Å². The molecule has 0 fully saturated rings. The molecule has 0 aliphatic carbocycles. The van der Waals surface area contributed by atoms with E-state index in [9.17, 15) is 4.79 Å². The fraction of sp³-hybridized carbons (Fsp3) is 0.417. The summed E-state index contributed by atoms with van der Waals surface area (Å²) in [6.45, 7) is 6.15. The van der Waals surface area contributed by atoms with E-state index >= 15 is 0 Å². The average molecular weight is 238 g/mol. The summed E-state index contributed by atoms with van der Waals surface area (Å²) in [5.74, 6) is 0. The third-order valence-corrected chi connectivity index (χ3v) is 1.91. The molecule has 1 amide bonds. The molecular weight excluding hydrogens is 220 g/mol. The first-order valence-electron chi connectivity index (χ1n) is 5.36. The zero-order valence-corrected chi connectivity index (χ0v) is 10.3. The van der Waals surface area contributed by atoms with Gasteiger partial charge in [0.1, 0.15) is 5.60 Å². The van der Waals surface area contributed by atoms with Crippen molar-refractivity contribution in [2.24, 2.45) is 0 Å². The number of hydrogen-bond acceptors (Lipinski definition) is 4. The number of benzene rings is 1. The molecule has 1 aliphatic heterocycles. The second-order valence-electron chi connectivity index (χ2n) is 4.67. The minimum absolute atomic E-state index is 0.549. The first-order valence-corrected chi connectivity index (χ1v) is 5.36. The van der Waals surface area contributed by atoms with Gasteiger partial charge >= 0.3 is 6.09 Å². The van der Waals surface area contributed by atoms with Crippen LogP contribution in [0, 0.1) is 0 Å². The Bertz CT molecular complexity index is 366. The molecule has 0 saturated heterocycles. The maximum absolute atomic E-state index is 10.2. The second kappa shape index (κ2) is 5.54. The molecule has 2 bridgehead atoms. The monoisotopic (exact) mass is 238 g/mol. The molecular formula is C12H18N2O3. The van der Waals surface area contributed by atoms with Gasteiger partial charge in [-0.1, -0.05) is 12.1 Å². The van der Waals surface area contributed by atoms with Crippen LogP contribution in [0.1, 0.15) is 26.3 Å². The number of hydrogen-bond donors (Lipinski definition) is 3. The summed E-state index contributed by atoms with van der Waals surface area (Å²) in [5, 5.41) is 11.2. The van der Waals surface area contributed by atoms with Crippen LogP contribution in [0.2, 0.25) is 0 Å². The van der Waals surface area contributed by atoms with Crippen LogP contribution >= 0.6 is 0 Å². The first-order chi connectivity index (χ1) is 7.90. The standard InChI is InChI=1S/C7H7N.C5H11NO3/c1-2-6-4-7(3-1)8-5-6;1-5(2,3)9-4(7)6-8/h1-4,8H,5H2;8H,1-3H3,(H,6,7). The Morgan fingerprint density at radius 1 is 1.47 bits per heavy atom. The van der Waals surface area contributed by atoms with E-state index in [0.717, 1.165) is 6.54 Å². The Morgan fingerprint density at radius 2 is 2.18 bits per heavy atom. The quantitative estimate of drug-likeness (QED) is 0.480. The molecule has 1 aromatic rings. The van der Waals surface area contributed by atoms with Crippen LogP contribution in [0.4, 0.5) is 10.5 Å². The van der Waals surface area contributed by atoms with Gasteiger partial charge in [-0.25, -0.2) is 10.3 Å². The molecule has 1 aliphatic rings. The van der Waals surface area contributed by atoms with Crippen molar-refractivity contribution in [1.82, 2.24) is 5.48 Å². The van der Waals surface area contributed by atoms with Gasteiger partial charge in [0.2, 0.25) is 0 Å². The predicted molar refractivity (Wildman–Crippen MR) is 64.9 cm³/mol. The number of ether oxygens (including phenoxy) is 1. The fourth-order valence-electron chi connectivity index (χ4n) is 1.30. The molecule has 17 heavy (non-hydrogen) atoms. The van der Waals surface area contributed by atoms with Crippen molar-refractivity contribution in [3.05, 3.63) is 29.8 Å². The Kier molecular flexibility index (Phi) is 4.34. The molecule has 0 radical (unpaired) electrons. The van der Waals surface area contributed by atoms with Gasteiger partial charge in [-0.2, -0.15) is 0 Å². The molecule has 2 rings (SSSR count). The smallest absolute Gasteiger partial charge is 0.431 e. The maximum atomic E-state index is 10.2. The number of anilines is 1. The molecule has 3 N–H and O–H groups in total. The van der Waals surface area contributed by atoms with Crippen LogP contribution in [0.25, 0.3) is 0 Å². The van der Waals surface area contributed by atoms with Gasteiger partial charge in [0.25, 0.3) is 0 Å². The van der Waals surface area contributed by atoms with Gasteiger partial charge < -0.3 is 10.1 Å². The predicted octanol–water partition coefficient (Wildman–Crippen LogP) is 2.51. The van der Waals surface area contributed by atoms with Gasteiger partial charge in [-0.05, 0) is 38.5 Å². The van der Waals surface area contributed by atoms with Crippen molar-refractivity contribution in [1.29, 1.82) is 0 Å². The zero-order chi connectivity index (χ0) is 12.9. The molecule has 1 aromatic carbocycles. The third-order valence-electron chi connectivity index (χ3n) is 1.91. The minimum atomic E-state index is -0.831. The van der Waals surface area contributed by atoms with Crippen molar-refractivity contribution in [2.45, 2.75) is 32.9 Å². The largest absolute Gasteiger partial charge is 0.442 e. The summed E-state index contributed by atoms with van der Waals surface area (Å²) in [6.07, 6.45) is -0.831. The summed E-state index contributed by atoms with van der Waals surface area (Å²) >= 11 is 0. The van der Waals surface area contributed by atoms with Crippen molar-refractivity contribution in [3.8, 4) is 0 Å². The van der Waals surface area contributed by atoms with Crippen LogP contribution in [-0.2, 0) is 11.3 Å². The number of nitrogens with one attached hydrogen (secondary N) is 2. The number of fused-ring (bicyclic) bond motifs is 2. The molecule has 0 unspecified atom stereocenters. The summed E-state index contributed by atoms with van der Waals surface area (Å²) in [4.78, 5) is 10.2. The van der Waals surface area contributed by atoms with Gasteiger partial charge in [0, 0.05) is 12.2 Å². The first kappa shape index (κ1) is 13.3. The van der Waals surface area contributed by atoms with Gasteiger partial charge in [-0.15, -0.1) is 0 Å². The van der Waals surface area contributed by atoms with E-state index < -0.39 is 11.7 Å². The lowest BCUT2D eigenvalue weighted by molar-refractivity contribution is 0.0229. The Labute approximate surface area is 101 Å². The van der Waals surface area contributed by atoms with Crippen molar-refractivity contribution >= 4 is 11.8 Å². The summed E-state index contributed by atoms with van der Waals surface area (Å²) in [6, 6.07) is 8.45. The van der Waals surface area contributed by atoms with E-state index in [2.05, 4.69) is 34.3 Å². The van der Waals surface area contributed by atoms with Crippen LogP contribution in [0.15, 0.2) is 24.3 Å². The molecule has 0 atom stereocenters. The van der Waals surface area contributed by atoms with Gasteiger partial charge in [0.15, 0.2) is 0 Å². The van der Waals surface area contributed by atoms with E-state index in [1.54, 1.807) is 20.8 Å². The molecule has 5 nitrogen and oxygen atoms in total. The number of amides is 1. The highest BCUT2D eigenvalue weighted by Crippen LogP contribution is 2.17. The van der Waals surface area contributed by atoms with E-state index in [-0.39, 0.29) is 0 Å². The lowest BCUT2D eigenvalue weighted by Crippen LogP contribution is -2.30. The van der Waals surface area contributed by atoms with E-state index in [4.69, 9.17) is 5.21 Å². The molecule has 94 valence electrons. The normalized spacial score (nSPS) is 12.0. The number of carbonyl (C=O) groups excluding carboxylic acids is 1. The highest BCUT2D eigenvalue weighted by Gasteiger charge is 2.14. The summed E-state index contributed by atoms with van der Waals surface area (Å²) in [5.41, 5.74) is 3.46. The molecule has 0 spiro atoms. The van der Waals surface area contributed by atoms with Crippen LogP contribution < -0.4 is 10.8 Å². The highest BCUT2D eigenvalue weighted by atomic mass is 16.6. The molecule has 0 saturated carbocycles. The topological polar surface area (TPSA) is 70.6 Å². The zero-order valence-electron chi connectivity index (χ0n) is 10.3. The summed E-state index contributed by atoms with van der Waals surface area (Å²) in [7, 11) is 0. The Balaban J connectivity index is 0.000000170. The fourth-order valence-corrected chi connectivity index (χ4v) is 1.30. The lowest BCUT2D eigenvalue weighted by atomic mass is 10.2. The van der Waals surface area contributed by atoms with Crippen molar-refractivity contribution in [3.63, 3.8) is 0 Å².